The van der Waals surface area contributed by atoms with Crippen molar-refractivity contribution in [3.8, 4) is 0 Å². The maximum absolute atomic E-state index is 11.8. The molecule has 0 radical (unpaired) electrons. The van der Waals surface area contributed by atoms with Crippen molar-refractivity contribution in [3.05, 3.63) is 47.3 Å². The van der Waals surface area contributed by atoms with Crippen LogP contribution < -0.4 is 10.6 Å². The second-order valence-corrected chi connectivity index (χ2v) is 4.83. The van der Waals surface area contributed by atoms with E-state index in [9.17, 15) is 4.79 Å². The second-order valence-electron chi connectivity index (χ2n) is 4.83. The molecule has 0 saturated carbocycles. The van der Waals surface area contributed by atoms with Gasteiger partial charge in [0.25, 0.3) is 5.91 Å². The molecule has 0 aliphatic carbocycles. The van der Waals surface area contributed by atoms with Crippen LogP contribution in [0.4, 0.5) is 5.69 Å². The maximum atomic E-state index is 11.8. The lowest BCUT2D eigenvalue weighted by Gasteiger charge is -2.08. The van der Waals surface area contributed by atoms with E-state index in [1.54, 1.807) is 16.8 Å². The van der Waals surface area contributed by atoms with Gasteiger partial charge in [0.15, 0.2) is 0 Å². The van der Waals surface area contributed by atoms with Gasteiger partial charge in [0, 0.05) is 43.1 Å². The van der Waals surface area contributed by atoms with Gasteiger partial charge in [-0.2, -0.15) is 5.10 Å². The van der Waals surface area contributed by atoms with Crippen molar-refractivity contribution in [1.29, 1.82) is 0 Å². The third kappa shape index (κ3) is 4.06. The fraction of sp³-hybridized carbons (Fsp3) is 0.333. The number of amides is 1. The fourth-order valence-corrected chi connectivity index (χ4v) is 2.06. The summed E-state index contributed by atoms with van der Waals surface area (Å²) >= 11 is 0. The topological polar surface area (TPSA) is 79.2 Å². The summed E-state index contributed by atoms with van der Waals surface area (Å²) < 4.78 is 1.78. The molecule has 2 aromatic rings. The van der Waals surface area contributed by atoms with E-state index in [0.29, 0.717) is 12.1 Å². The second kappa shape index (κ2) is 6.90. The van der Waals surface area contributed by atoms with Crippen LogP contribution in [0.5, 0.6) is 0 Å². The van der Waals surface area contributed by atoms with E-state index in [2.05, 4.69) is 15.7 Å². The van der Waals surface area contributed by atoms with Crippen LogP contribution in [0, 0.1) is 6.92 Å². The first-order chi connectivity index (χ1) is 10.1. The van der Waals surface area contributed by atoms with Crippen molar-refractivity contribution in [2.75, 3.05) is 18.5 Å². The summed E-state index contributed by atoms with van der Waals surface area (Å²) in [7, 11) is 1.89. The molecule has 6 heteroatoms. The number of aliphatic hydroxyl groups is 1. The van der Waals surface area contributed by atoms with Gasteiger partial charge in [-0.1, -0.05) is 6.07 Å². The Bertz CT molecular complexity index is 622. The Labute approximate surface area is 123 Å². The predicted octanol–water partition coefficient (Wildman–Crippen LogP) is 1.06. The number of rotatable bonds is 6. The van der Waals surface area contributed by atoms with Crippen LogP contribution in [0.2, 0.25) is 0 Å². The van der Waals surface area contributed by atoms with Crippen molar-refractivity contribution in [2.24, 2.45) is 7.05 Å². The molecule has 1 heterocycles. The number of anilines is 1. The lowest BCUT2D eigenvalue weighted by atomic mass is 10.2. The van der Waals surface area contributed by atoms with Crippen LogP contribution in [0.3, 0.4) is 0 Å². The van der Waals surface area contributed by atoms with Crippen LogP contribution in [0.1, 0.15) is 21.6 Å². The van der Waals surface area contributed by atoms with Gasteiger partial charge in [0.2, 0.25) is 0 Å². The Kier molecular flexibility index (Phi) is 4.94. The Hall–Kier alpha value is -2.34. The van der Waals surface area contributed by atoms with Crippen LogP contribution >= 0.6 is 0 Å². The molecule has 0 aliphatic heterocycles. The smallest absolute Gasteiger partial charge is 0.251 e. The van der Waals surface area contributed by atoms with Crippen molar-refractivity contribution >= 4 is 11.6 Å². The van der Waals surface area contributed by atoms with E-state index in [0.717, 1.165) is 16.9 Å². The van der Waals surface area contributed by atoms with Gasteiger partial charge >= 0.3 is 0 Å². The van der Waals surface area contributed by atoms with Gasteiger partial charge in [0.1, 0.15) is 0 Å². The molecule has 1 aromatic carbocycles. The highest BCUT2D eigenvalue weighted by atomic mass is 16.3. The van der Waals surface area contributed by atoms with Gasteiger partial charge in [-0.05, 0) is 25.1 Å². The van der Waals surface area contributed by atoms with Gasteiger partial charge in [-0.25, -0.2) is 0 Å². The van der Waals surface area contributed by atoms with Gasteiger partial charge in [0.05, 0.1) is 12.3 Å². The Balaban J connectivity index is 2.01. The summed E-state index contributed by atoms with van der Waals surface area (Å²) in [6.45, 7) is 2.81. The molecule has 0 bridgehead atoms. The number of benzene rings is 1. The zero-order valence-corrected chi connectivity index (χ0v) is 12.3. The number of carbonyl (C=O) groups excluding carboxylic acids is 1. The Morgan fingerprint density at radius 1 is 1.43 bits per heavy atom. The summed E-state index contributed by atoms with van der Waals surface area (Å²) in [6, 6.07) is 7.27. The minimum atomic E-state index is -0.190. The average Bonchev–Trinajstić information content (AvgIpc) is 2.81. The van der Waals surface area contributed by atoms with Crippen LogP contribution in [-0.2, 0) is 13.6 Å². The molecule has 1 amide bonds. The molecule has 1 aromatic heterocycles. The number of aryl methyl sites for hydroxylation is 2. The van der Waals surface area contributed by atoms with E-state index >= 15 is 0 Å². The standard InChI is InChI=1S/C15H20N4O2/c1-11-13(10-19(2)18-11)9-17-14-5-3-4-12(8-14)15(21)16-6-7-20/h3-5,8,10,17,20H,6-7,9H2,1-2H3,(H,16,21). The van der Waals surface area contributed by atoms with Crippen molar-refractivity contribution in [1.82, 2.24) is 15.1 Å². The number of hydrogen-bond donors (Lipinski definition) is 3. The Morgan fingerprint density at radius 2 is 2.24 bits per heavy atom. The number of aromatic nitrogens is 2. The van der Waals surface area contributed by atoms with Gasteiger partial charge < -0.3 is 15.7 Å². The molecule has 0 unspecified atom stereocenters. The SMILES string of the molecule is Cc1nn(C)cc1CNc1cccc(C(=O)NCCO)c1. The van der Waals surface area contributed by atoms with Crippen molar-refractivity contribution in [2.45, 2.75) is 13.5 Å². The molecule has 112 valence electrons. The predicted molar refractivity (Wildman–Crippen MR) is 81.1 cm³/mol. The lowest BCUT2D eigenvalue weighted by Crippen LogP contribution is -2.26. The van der Waals surface area contributed by atoms with E-state index in [1.165, 1.54) is 0 Å². The molecular weight excluding hydrogens is 268 g/mol. The minimum Gasteiger partial charge on any atom is -0.395 e. The fourth-order valence-electron chi connectivity index (χ4n) is 2.06. The summed E-state index contributed by atoms with van der Waals surface area (Å²) in [4.78, 5) is 11.8. The van der Waals surface area contributed by atoms with Crippen LogP contribution in [0.15, 0.2) is 30.5 Å². The summed E-state index contributed by atoms with van der Waals surface area (Å²) in [5.74, 6) is -0.190. The lowest BCUT2D eigenvalue weighted by molar-refractivity contribution is 0.0945. The van der Waals surface area contributed by atoms with Gasteiger partial charge in [-0.3, -0.25) is 9.48 Å². The van der Waals surface area contributed by atoms with Gasteiger partial charge in [-0.15, -0.1) is 0 Å². The van der Waals surface area contributed by atoms with E-state index < -0.39 is 0 Å². The molecule has 2 rings (SSSR count). The van der Waals surface area contributed by atoms with E-state index in [-0.39, 0.29) is 19.1 Å². The molecule has 0 atom stereocenters. The maximum Gasteiger partial charge on any atom is 0.251 e. The number of nitrogens with zero attached hydrogens (tertiary/aromatic N) is 2. The number of hydrogen-bond acceptors (Lipinski definition) is 4. The monoisotopic (exact) mass is 288 g/mol. The third-order valence-electron chi connectivity index (χ3n) is 3.12. The van der Waals surface area contributed by atoms with E-state index in [1.807, 2.05) is 32.3 Å². The average molecular weight is 288 g/mol. The quantitative estimate of drug-likeness (QED) is 0.742. The third-order valence-corrected chi connectivity index (χ3v) is 3.12. The Morgan fingerprint density at radius 3 is 2.90 bits per heavy atom. The highest BCUT2D eigenvalue weighted by Gasteiger charge is 2.06. The first-order valence-electron chi connectivity index (χ1n) is 6.82. The molecule has 3 N–H and O–H groups in total. The summed E-state index contributed by atoms with van der Waals surface area (Å²) in [6.07, 6.45) is 1.97. The highest BCUT2D eigenvalue weighted by molar-refractivity contribution is 5.95. The molecular formula is C15H20N4O2. The first-order valence-corrected chi connectivity index (χ1v) is 6.82. The normalized spacial score (nSPS) is 10.4. The highest BCUT2D eigenvalue weighted by Crippen LogP contribution is 2.13. The molecule has 0 spiro atoms. The van der Waals surface area contributed by atoms with Crippen molar-refractivity contribution in [3.63, 3.8) is 0 Å². The van der Waals surface area contributed by atoms with Crippen LogP contribution in [-0.4, -0.2) is 33.9 Å². The summed E-state index contributed by atoms with van der Waals surface area (Å²) in [5.41, 5.74) is 3.54. The molecule has 0 fully saturated rings. The summed E-state index contributed by atoms with van der Waals surface area (Å²) in [5, 5.41) is 18.9. The first kappa shape index (κ1) is 15.1. The zero-order chi connectivity index (χ0) is 15.2. The van der Waals surface area contributed by atoms with Crippen LogP contribution in [0.25, 0.3) is 0 Å². The largest absolute Gasteiger partial charge is 0.395 e. The zero-order valence-electron chi connectivity index (χ0n) is 12.3. The number of carbonyl (C=O) groups is 1. The molecule has 0 aliphatic rings. The number of nitrogens with one attached hydrogen (secondary N) is 2. The molecule has 21 heavy (non-hydrogen) atoms. The molecule has 0 saturated heterocycles. The minimum absolute atomic E-state index is 0.0655. The number of aliphatic hydroxyl groups excluding tert-OH is 1. The van der Waals surface area contributed by atoms with E-state index in [4.69, 9.17) is 5.11 Å². The molecule has 6 nitrogen and oxygen atoms in total. The van der Waals surface area contributed by atoms with Crippen molar-refractivity contribution < 1.29 is 9.90 Å².